The second-order valence-corrected chi connectivity index (χ2v) is 5.21. The minimum atomic E-state index is 0.267. The normalized spacial score (nSPS) is 15.4. The molecule has 2 N–H and O–H groups in total. The van der Waals surface area contributed by atoms with Crippen LogP contribution in [0, 0.1) is 5.92 Å². The molecule has 0 aliphatic carbocycles. The van der Waals surface area contributed by atoms with Crippen LogP contribution in [0.15, 0.2) is 29.6 Å². The van der Waals surface area contributed by atoms with Gasteiger partial charge in [0.1, 0.15) is 0 Å². The van der Waals surface area contributed by atoms with Gasteiger partial charge in [0, 0.05) is 10.7 Å². The Morgan fingerprint density at radius 3 is 2.73 bits per heavy atom. The number of nitrogens with two attached hydrogens (primary N) is 1. The van der Waals surface area contributed by atoms with Crippen molar-refractivity contribution in [2.24, 2.45) is 11.7 Å². The van der Waals surface area contributed by atoms with Gasteiger partial charge in [-0.15, -0.1) is 11.3 Å². The number of hydrogen-bond donors (Lipinski definition) is 1. The van der Waals surface area contributed by atoms with Crippen LogP contribution in [0.2, 0.25) is 0 Å². The number of rotatable bonds is 3. The highest BCUT2D eigenvalue weighted by Gasteiger charge is 2.11. The molecule has 2 unspecified atom stereocenters. The summed E-state index contributed by atoms with van der Waals surface area (Å²) in [4.78, 5) is 0. The molecule has 0 saturated carbocycles. The molecule has 0 saturated heterocycles. The van der Waals surface area contributed by atoms with Crippen molar-refractivity contribution in [2.45, 2.75) is 26.3 Å². The zero-order valence-corrected chi connectivity index (χ0v) is 10.1. The second-order valence-electron chi connectivity index (χ2n) is 4.30. The van der Waals surface area contributed by atoms with Gasteiger partial charge in [-0.05, 0) is 41.7 Å². The Balaban J connectivity index is 2.29. The van der Waals surface area contributed by atoms with Gasteiger partial charge in [-0.25, -0.2) is 0 Å². The molecule has 1 aromatic carbocycles. The average molecular weight is 219 g/mol. The fraction of sp³-hybridized carbons (Fsp3) is 0.385. The lowest BCUT2D eigenvalue weighted by atomic mass is 9.95. The van der Waals surface area contributed by atoms with E-state index in [0.717, 1.165) is 6.42 Å². The van der Waals surface area contributed by atoms with E-state index < -0.39 is 0 Å². The van der Waals surface area contributed by atoms with Gasteiger partial charge < -0.3 is 5.73 Å². The number of fused-ring (bicyclic) bond motifs is 1. The zero-order valence-electron chi connectivity index (χ0n) is 9.23. The first-order chi connectivity index (χ1) is 7.18. The standard InChI is InChI=1S/C13H17NS/c1-9(10(2)14)7-11-8-15-13-6-4-3-5-12(11)13/h3-6,8-10H,7,14H2,1-2H3. The second kappa shape index (κ2) is 4.33. The summed E-state index contributed by atoms with van der Waals surface area (Å²) < 4.78 is 1.38. The van der Waals surface area contributed by atoms with E-state index in [1.54, 1.807) is 0 Å². The summed E-state index contributed by atoms with van der Waals surface area (Å²) in [5.41, 5.74) is 7.34. The highest BCUT2D eigenvalue weighted by molar-refractivity contribution is 7.17. The molecule has 2 rings (SSSR count). The van der Waals surface area contributed by atoms with Crippen molar-refractivity contribution in [3.8, 4) is 0 Å². The molecule has 1 nitrogen and oxygen atoms in total. The Hall–Kier alpha value is -0.860. The molecule has 0 fully saturated rings. The van der Waals surface area contributed by atoms with E-state index in [-0.39, 0.29) is 6.04 Å². The van der Waals surface area contributed by atoms with E-state index in [9.17, 15) is 0 Å². The molecule has 80 valence electrons. The van der Waals surface area contributed by atoms with Gasteiger partial charge in [-0.3, -0.25) is 0 Å². The fourth-order valence-electron chi connectivity index (χ4n) is 1.72. The van der Waals surface area contributed by atoms with Crippen LogP contribution in [0.4, 0.5) is 0 Å². The van der Waals surface area contributed by atoms with Crippen molar-refractivity contribution in [1.82, 2.24) is 0 Å². The lowest BCUT2D eigenvalue weighted by molar-refractivity contribution is 0.483. The average Bonchev–Trinajstić information content (AvgIpc) is 2.62. The summed E-state index contributed by atoms with van der Waals surface area (Å²) in [6.45, 7) is 4.30. The van der Waals surface area contributed by atoms with E-state index in [2.05, 4.69) is 43.5 Å². The molecule has 0 aliphatic heterocycles. The van der Waals surface area contributed by atoms with Gasteiger partial charge in [0.25, 0.3) is 0 Å². The molecule has 0 radical (unpaired) electrons. The van der Waals surface area contributed by atoms with E-state index in [0.29, 0.717) is 5.92 Å². The number of thiophene rings is 1. The Morgan fingerprint density at radius 2 is 2.00 bits per heavy atom. The first-order valence-corrected chi connectivity index (χ1v) is 6.27. The third kappa shape index (κ3) is 2.21. The molecule has 2 heteroatoms. The van der Waals surface area contributed by atoms with Crippen LogP contribution in [0.1, 0.15) is 19.4 Å². The van der Waals surface area contributed by atoms with E-state index in [1.165, 1.54) is 15.6 Å². The van der Waals surface area contributed by atoms with Gasteiger partial charge in [0.2, 0.25) is 0 Å². The van der Waals surface area contributed by atoms with Crippen molar-refractivity contribution in [3.05, 3.63) is 35.2 Å². The first kappa shape index (κ1) is 10.7. The zero-order chi connectivity index (χ0) is 10.8. The van der Waals surface area contributed by atoms with Gasteiger partial charge in [0.05, 0.1) is 0 Å². The molecular weight excluding hydrogens is 202 g/mol. The van der Waals surface area contributed by atoms with Crippen LogP contribution in [-0.2, 0) is 6.42 Å². The topological polar surface area (TPSA) is 26.0 Å². The van der Waals surface area contributed by atoms with Gasteiger partial charge in [-0.2, -0.15) is 0 Å². The lowest BCUT2D eigenvalue weighted by Crippen LogP contribution is -2.25. The molecule has 1 heterocycles. The lowest BCUT2D eigenvalue weighted by Gasteiger charge is -2.14. The van der Waals surface area contributed by atoms with Gasteiger partial charge in [0.15, 0.2) is 0 Å². The van der Waals surface area contributed by atoms with Crippen molar-refractivity contribution in [2.75, 3.05) is 0 Å². The third-order valence-corrected chi connectivity index (χ3v) is 4.01. The van der Waals surface area contributed by atoms with Crippen LogP contribution in [0.5, 0.6) is 0 Å². The Kier molecular flexibility index (Phi) is 3.08. The van der Waals surface area contributed by atoms with E-state index in [4.69, 9.17) is 5.73 Å². The van der Waals surface area contributed by atoms with Gasteiger partial charge >= 0.3 is 0 Å². The third-order valence-electron chi connectivity index (χ3n) is 3.00. The molecule has 0 spiro atoms. The summed E-state index contributed by atoms with van der Waals surface area (Å²) in [5, 5.41) is 3.67. The van der Waals surface area contributed by atoms with Crippen molar-refractivity contribution < 1.29 is 0 Å². The van der Waals surface area contributed by atoms with E-state index >= 15 is 0 Å². The van der Waals surface area contributed by atoms with Crippen molar-refractivity contribution in [3.63, 3.8) is 0 Å². The molecule has 0 bridgehead atoms. The monoisotopic (exact) mass is 219 g/mol. The summed E-state index contributed by atoms with van der Waals surface area (Å²) in [5.74, 6) is 0.544. The summed E-state index contributed by atoms with van der Waals surface area (Å²) in [6, 6.07) is 8.85. The highest BCUT2D eigenvalue weighted by atomic mass is 32.1. The van der Waals surface area contributed by atoms with Crippen molar-refractivity contribution in [1.29, 1.82) is 0 Å². The van der Waals surface area contributed by atoms with Crippen LogP contribution in [0.25, 0.3) is 10.1 Å². The maximum Gasteiger partial charge on any atom is 0.0345 e. The smallest absolute Gasteiger partial charge is 0.0345 e. The molecule has 1 aromatic heterocycles. The van der Waals surface area contributed by atoms with Crippen molar-refractivity contribution >= 4 is 21.4 Å². The van der Waals surface area contributed by atoms with Crippen LogP contribution < -0.4 is 5.73 Å². The largest absolute Gasteiger partial charge is 0.328 e. The number of benzene rings is 1. The summed E-state index contributed by atoms with van der Waals surface area (Å²) in [6.07, 6.45) is 1.08. The number of hydrogen-bond acceptors (Lipinski definition) is 2. The quantitative estimate of drug-likeness (QED) is 0.841. The molecule has 0 aliphatic rings. The van der Waals surface area contributed by atoms with Crippen LogP contribution in [-0.4, -0.2) is 6.04 Å². The SMILES string of the molecule is CC(N)C(C)Cc1csc2ccccc12. The van der Waals surface area contributed by atoms with Crippen LogP contribution in [0.3, 0.4) is 0 Å². The molecule has 15 heavy (non-hydrogen) atoms. The minimum Gasteiger partial charge on any atom is -0.328 e. The maximum absolute atomic E-state index is 5.90. The first-order valence-electron chi connectivity index (χ1n) is 5.39. The van der Waals surface area contributed by atoms with E-state index in [1.807, 2.05) is 11.3 Å². The van der Waals surface area contributed by atoms with Crippen LogP contribution >= 0.6 is 11.3 Å². The molecule has 2 atom stereocenters. The minimum absolute atomic E-state index is 0.267. The molecular formula is C13H17NS. The fourth-order valence-corrected chi connectivity index (χ4v) is 2.70. The predicted octanol–water partition coefficient (Wildman–Crippen LogP) is 3.43. The Bertz CT molecular complexity index is 444. The maximum atomic E-state index is 5.90. The Labute approximate surface area is 94.9 Å². The highest BCUT2D eigenvalue weighted by Crippen LogP contribution is 2.27. The van der Waals surface area contributed by atoms with Gasteiger partial charge in [-0.1, -0.05) is 25.1 Å². The molecule has 0 amide bonds. The summed E-state index contributed by atoms with van der Waals surface area (Å²) in [7, 11) is 0. The predicted molar refractivity (Wildman–Crippen MR) is 68.3 cm³/mol. The Morgan fingerprint density at radius 1 is 1.27 bits per heavy atom. The summed E-state index contributed by atoms with van der Waals surface area (Å²) >= 11 is 1.83. The molecule has 2 aromatic rings.